The molecule has 0 unspecified atom stereocenters. The van der Waals surface area contributed by atoms with Gasteiger partial charge in [0.1, 0.15) is 18.0 Å². The maximum Gasteiger partial charge on any atom is 0.203 e. The zero-order valence-electron chi connectivity index (χ0n) is 13.2. The summed E-state index contributed by atoms with van der Waals surface area (Å²) in [5.41, 5.74) is 9.21. The first kappa shape index (κ1) is 15.3. The lowest BCUT2D eigenvalue weighted by molar-refractivity contribution is 0.307. The molecular weight excluding hydrogens is 334 g/mol. The van der Waals surface area contributed by atoms with Crippen molar-refractivity contribution in [3.8, 4) is 28.3 Å². The fourth-order valence-corrected chi connectivity index (χ4v) is 3.05. The summed E-state index contributed by atoms with van der Waals surface area (Å²) in [6.07, 6.45) is 0. The van der Waals surface area contributed by atoms with Crippen LogP contribution in [0.15, 0.2) is 60.7 Å². The predicted octanol–water partition coefficient (Wildman–Crippen LogP) is 3.76. The second-order valence-electron chi connectivity index (χ2n) is 5.33. The first-order chi connectivity index (χ1) is 12.3. The monoisotopic (exact) mass is 349 g/mol. The molecule has 2 aromatic heterocycles. The molecule has 2 heterocycles. The van der Waals surface area contributed by atoms with Crippen LogP contribution in [0.25, 0.3) is 22.5 Å². The quantitative estimate of drug-likeness (QED) is 0.572. The number of ether oxygens (including phenoxy) is 1. The first-order valence-corrected chi connectivity index (χ1v) is 8.53. The third kappa shape index (κ3) is 3.22. The Hall–Kier alpha value is -3.19. The molecule has 4 rings (SSSR count). The van der Waals surface area contributed by atoms with Gasteiger partial charge in [0.2, 0.25) is 5.13 Å². The topological polar surface area (TPSA) is 89.7 Å². The van der Waals surface area contributed by atoms with Crippen LogP contribution in [0.5, 0.6) is 5.75 Å². The molecule has 0 saturated carbocycles. The number of hydrogen-bond donors (Lipinski definition) is 2. The van der Waals surface area contributed by atoms with Gasteiger partial charge < -0.3 is 10.5 Å². The lowest BCUT2D eigenvalue weighted by atomic mass is 10.1. The van der Waals surface area contributed by atoms with E-state index in [4.69, 9.17) is 10.5 Å². The van der Waals surface area contributed by atoms with Gasteiger partial charge in [0, 0.05) is 11.1 Å². The Morgan fingerprint density at radius 3 is 2.24 bits per heavy atom. The minimum absolute atomic E-state index is 0.286. The number of rotatable bonds is 5. The SMILES string of the molecule is Nc1nnc(COc2c(-c3ccccc3)n[nH]c2-c2ccccc2)s1. The average Bonchev–Trinajstić information content (AvgIpc) is 3.27. The number of anilines is 1. The highest BCUT2D eigenvalue weighted by Crippen LogP contribution is 2.37. The molecule has 3 N–H and O–H groups in total. The van der Waals surface area contributed by atoms with Crippen LogP contribution in [0.1, 0.15) is 5.01 Å². The number of nitrogens with zero attached hydrogens (tertiary/aromatic N) is 3. The normalized spacial score (nSPS) is 10.7. The molecule has 0 spiro atoms. The van der Waals surface area contributed by atoms with Crippen molar-refractivity contribution in [1.29, 1.82) is 0 Å². The van der Waals surface area contributed by atoms with Gasteiger partial charge in [-0.05, 0) is 0 Å². The highest BCUT2D eigenvalue weighted by atomic mass is 32.1. The van der Waals surface area contributed by atoms with Gasteiger partial charge in [-0.2, -0.15) is 5.10 Å². The molecule has 0 bridgehead atoms. The number of aromatic nitrogens is 4. The molecular formula is C18H15N5OS. The van der Waals surface area contributed by atoms with E-state index in [1.807, 2.05) is 60.7 Å². The van der Waals surface area contributed by atoms with E-state index < -0.39 is 0 Å². The number of nitrogen functional groups attached to an aromatic ring is 1. The van der Waals surface area contributed by atoms with Gasteiger partial charge in [0.05, 0.1) is 0 Å². The fourth-order valence-electron chi connectivity index (χ4n) is 2.52. The smallest absolute Gasteiger partial charge is 0.203 e. The Bertz CT molecular complexity index is 909. The lowest BCUT2D eigenvalue weighted by Crippen LogP contribution is -1.97. The number of nitrogens with one attached hydrogen (secondary N) is 1. The molecule has 0 aliphatic carbocycles. The molecule has 0 radical (unpaired) electrons. The predicted molar refractivity (Wildman–Crippen MR) is 98.1 cm³/mol. The van der Waals surface area contributed by atoms with Crippen LogP contribution in [-0.2, 0) is 6.61 Å². The molecule has 0 aliphatic rings. The highest BCUT2D eigenvalue weighted by Gasteiger charge is 2.18. The summed E-state index contributed by atoms with van der Waals surface area (Å²) in [6, 6.07) is 19.9. The Labute approximate surface area is 148 Å². The molecule has 0 amide bonds. The van der Waals surface area contributed by atoms with Gasteiger partial charge in [-0.25, -0.2) is 0 Å². The summed E-state index contributed by atoms with van der Waals surface area (Å²) in [6.45, 7) is 0.286. The standard InChI is InChI=1S/C18H15N5OS/c19-18-23-20-14(25-18)11-24-17-15(12-7-3-1-4-8-12)21-22-16(17)13-9-5-2-6-10-13/h1-10H,11H2,(H2,19,23)(H,21,22). The van der Waals surface area contributed by atoms with Gasteiger partial charge in [-0.1, -0.05) is 72.0 Å². The summed E-state index contributed by atoms with van der Waals surface area (Å²) in [4.78, 5) is 0. The van der Waals surface area contributed by atoms with Crippen LogP contribution in [-0.4, -0.2) is 20.4 Å². The maximum absolute atomic E-state index is 6.08. The minimum Gasteiger partial charge on any atom is -0.482 e. The van der Waals surface area contributed by atoms with Crippen molar-refractivity contribution >= 4 is 16.5 Å². The van der Waals surface area contributed by atoms with E-state index in [2.05, 4.69) is 20.4 Å². The van der Waals surface area contributed by atoms with Crippen molar-refractivity contribution in [2.75, 3.05) is 5.73 Å². The summed E-state index contributed by atoms with van der Waals surface area (Å²) in [7, 11) is 0. The molecule has 0 saturated heterocycles. The second-order valence-corrected chi connectivity index (χ2v) is 6.42. The van der Waals surface area contributed by atoms with Crippen molar-refractivity contribution in [3.63, 3.8) is 0 Å². The van der Waals surface area contributed by atoms with Crippen LogP contribution in [0.3, 0.4) is 0 Å². The molecule has 0 atom stereocenters. The van der Waals surface area contributed by atoms with Crippen molar-refractivity contribution in [2.24, 2.45) is 0 Å². The number of aromatic amines is 1. The average molecular weight is 349 g/mol. The zero-order chi connectivity index (χ0) is 17.1. The van der Waals surface area contributed by atoms with Crippen molar-refractivity contribution < 1.29 is 4.74 Å². The summed E-state index contributed by atoms with van der Waals surface area (Å²) in [5.74, 6) is 0.686. The van der Waals surface area contributed by atoms with E-state index in [1.54, 1.807) is 0 Å². The minimum atomic E-state index is 0.286. The third-order valence-electron chi connectivity index (χ3n) is 3.65. The van der Waals surface area contributed by atoms with Crippen LogP contribution >= 0.6 is 11.3 Å². The summed E-state index contributed by atoms with van der Waals surface area (Å²) >= 11 is 1.31. The molecule has 4 aromatic rings. The van der Waals surface area contributed by atoms with E-state index in [0.717, 1.165) is 27.5 Å². The van der Waals surface area contributed by atoms with E-state index in [-0.39, 0.29) is 6.61 Å². The van der Waals surface area contributed by atoms with Crippen molar-refractivity contribution in [2.45, 2.75) is 6.61 Å². The summed E-state index contributed by atoms with van der Waals surface area (Å²) in [5, 5.41) is 16.5. The van der Waals surface area contributed by atoms with Crippen molar-refractivity contribution in [3.05, 3.63) is 65.7 Å². The molecule has 7 heteroatoms. The highest BCUT2D eigenvalue weighted by molar-refractivity contribution is 7.15. The molecule has 6 nitrogen and oxygen atoms in total. The number of benzene rings is 2. The van der Waals surface area contributed by atoms with Gasteiger partial charge in [-0.3, -0.25) is 5.10 Å². The first-order valence-electron chi connectivity index (χ1n) is 7.71. The molecule has 0 aliphatic heterocycles. The number of hydrogen-bond acceptors (Lipinski definition) is 6. The fraction of sp³-hybridized carbons (Fsp3) is 0.0556. The van der Waals surface area contributed by atoms with E-state index in [9.17, 15) is 0 Å². The van der Waals surface area contributed by atoms with Crippen LogP contribution in [0.4, 0.5) is 5.13 Å². The van der Waals surface area contributed by atoms with Crippen LogP contribution in [0, 0.1) is 0 Å². The van der Waals surface area contributed by atoms with Gasteiger partial charge in [-0.15, -0.1) is 10.2 Å². The van der Waals surface area contributed by atoms with E-state index >= 15 is 0 Å². The molecule has 25 heavy (non-hydrogen) atoms. The largest absolute Gasteiger partial charge is 0.482 e. The lowest BCUT2D eigenvalue weighted by Gasteiger charge is -2.08. The van der Waals surface area contributed by atoms with Gasteiger partial charge >= 0.3 is 0 Å². The van der Waals surface area contributed by atoms with E-state index in [0.29, 0.717) is 10.9 Å². The molecule has 0 fully saturated rings. The Kier molecular flexibility index (Phi) is 4.14. The number of nitrogens with two attached hydrogens (primary N) is 1. The Morgan fingerprint density at radius 1 is 0.920 bits per heavy atom. The van der Waals surface area contributed by atoms with E-state index in [1.165, 1.54) is 11.3 Å². The number of H-pyrrole nitrogens is 1. The van der Waals surface area contributed by atoms with Crippen LogP contribution in [0.2, 0.25) is 0 Å². The zero-order valence-corrected chi connectivity index (χ0v) is 14.0. The molecule has 2 aromatic carbocycles. The Morgan fingerprint density at radius 2 is 1.60 bits per heavy atom. The summed E-state index contributed by atoms with van der Waals surface area (Å²) < 4.78 is 6.08. The van der Waals surface area contributed by atoms with Crippen LogP contribution < -0.4 is 10.5 Å². The van der Waals surface area contributed by atoms with Gasteiger partial charge in [0.15, 0.2) is 10.8 Å². The molecule has 124 valence electrons. The van der Waals surface area contributed by atoms with Gasteiger partial charge in [0.25, 0.3) is 0 Å². The maximum atomic E-state index is 6.08. The third-order valence-corrected chi connectivity index (χ3v) is 4.38. The van der Waals surface area contributed by atoms with Crippen molar-refractivity contribution in [1.82, 2.24) is 20.4 Å². The second kappa shape index (κ2) is 6.74. The Balaban J connectivity index is 1.73.